The molecule has 0 spiro atoms. The molecule has 1 aliphatic rings. The molecule has 0 aliphatic carbocycles. The second-order valence-corrected chi connectivity index (χ2v) is 4.72. The van der Waals surface area contributed by atoms with Crippen molar-refractivity contribution in [1.29, 1.82) is 0 Å². The van der Waals surface area contributed by atoms with Gasteiger partial charge >= 0.3 is 0 Å². The van der Waals surface area contributed by atoms with Gasteiger partial charge in [-0.2, -0.15) is 0 Å². The molecule has 1 aromatic heterocycles. The van der Waals surface area contributed by atoms with Crippen molar-refractivity contribution in [2.45, 2.75) is 6.42 Å². The van der Waals surface area contributed by atoms with Gasteiger partial charge in [0, 0.05) is 26.2 Å². The molecule has 1 aliphatic heterocycles. The largest absolute Gasteiger partial charge is 0.479 e. The average molecular weight is 287 g/mol. The molecule has 1 atom stereocenters. The van der Waals surface area contributed by atoms with Crippen LogP contribution in [0.3, 0.4) is 0 Å². The van der Waals surface area contributed by atoms with Crippen molar-refractivity contribution in [3.8, 4) is 17.6 Å². The first-order valence-corrected chi connectivity index (χ1v) is 6.67. The van der Waals surface area contributed by atoms with Gasteiger partial charge in [-0.3, -0.25) is 14.6 Å². The molecule has 1 N–H and O–H groups in total. The number of amides is 2. The van der Waals surface area contributed by atoms with Crippen LogP contribution in [-0.2, 0) is 9.59 Å². The second kappa shape index (κ2) is 7.29. The number of hydrogen-bond donors (Lipinski definition) is 1. The predicted molar refractivity (Wildman–Crippen MR) is 76.3 cm³/mol. The molecule has 2 heterocycles. The highest BCUT2D eigenvalue weighted by Crippen LogP contribution is 2.15. The molecular weight excluding hydrogens is 270 g/mol. The van der Waals surface area contributed by atoms with Crippen molar-refractivity contribution in [3.63, 3.8) is 0 Å². The zero-order valence-electron chi connectivity index (χ0n) is 11.8. The maximum Gasteiger partial charge on any atom is 0.226 e. The molecule has 1 aromatic rings. The van der Waals surface area contributed by atoms with E-state index in [1.807, 2.05) is 0 Å². The summed E-state index contributed by atoms with van der Waals surface area (Å²) in [4.78, 5) is 28.6. The van der Waals surface area contributed by atoms with E-state index in [4.69, 9.17) is 4.74 Å². The van der Waals surface area contributed by atoms with Gasteiger partial charge in [0.15, 0.2) is 0 Å². The van der Waals surface area contributed by atoms with E-state index in [-0.39, 0.29) is 37.3 Å². The Balaban J connectivity index is 1.65. The normalized spacial score (nSPS) is 17.1. The SMILES string of the molecule is CN1CC(C(=O)NCC#CCOc2cccnc2)CC1=O. The van der Waals surface area contributed by atoms with Crippen molar-refractivity contribution in [2.75, 3.05) is 26.7 Å². The molecule has 0 saturated carbocycles. The van der Waals surface area contributed by atoms with Crippen LogP contribution in [0.1, 0.15) is 6.42 Å². The lowest BCUT2D eigenvalue weighted by atomic mass is 10.1. The van der Waals surface area contributed by atoms with Crippen LogP contribution < -0.4 is 10.1 Å². The number of rotatable bonds is 4. The molecule has 21 heavy (non-hydrogen) atoms. The fraction of sp³-hybridized carbons (Fsp3) is 0.400. The minimum atomic E-state index is -0.268. The van der Waals surface area contributed by atoms with E-state index in [2.05, 4.69) is 22.1 Å². The Morgan fingerprint density at radius 3 is 3.10 bits per heavy atom. The first kappa shape index (κ1) is 14.9. The second-order valence-electron chi connectivity index (χ2n) is 4.72. The minimum absolute atomic E-state index is 0.00565. The van der Waals surface area contributed by atoms with Crippen LogP contribution in [0.5, 0.6) is 5.75 Å². The highest BCUT2D eigenvalue weighted by atomic mass is 16.5. The number of aromatic nitrogens is 1. The number of nitrogens with zero attached hydrogens (tertiary/aromatic N) is 2. The summed E-state index contributed by atoms with van der Waals surface area (Å²) in [6.07, 6.45) is 3.55. The molecular formula is C15H17N3O3. The van der Waals surface area contributed by atoms with E-state index in [9.17, 15) is 9.59 Å². The topological polar surface area (TPSA) is 71.5 Å². The lowest BCUT2D eigenvalue weighted by Crippen LogP contribution is -2.32. The molecule has 6 heteroatoms. The van der Waals surface area contributed by atoms with E-state index >= 15 is 0 Å². The monoisotopic (exact) mass is 287 g/mol. The van der Waals surface area contributed by atoms with Gasteiger partial charge in [-0.1, -0.05) is 11.8 Å². The van der Waals surface area contributed by atoms with E-state index < -0.39 is 0 Å². The summed E-state index contributed by atoms with van der Waals surface area (Å²) in [5, 5.41) is 2.71. The maximum absolute atomic E-state index is 11.8. The van der Waals surface area contributed by atoms with Crippen molar-refractivity contribution in [3.05, 3.63) is 24.5 Å². The number of hydrogen-bond acceptors (Lipinski definition) is 4. The fourth-order valence-corrected chi connectivity index (χ4v) is 1.98. The summed E-state index contributed by atoms with van der Waals surface area (Å²) >= 11 is 0. The molecule has 1 unspecified atom stereocenters. The fourth-order valence-electron chi connectivity index (χ4n) is 1.98. The van der Waals surface area contributed by atoms with Gasteiger partial charge in [0.25, 0.3) is 0 Å². The lowest BCUT2D eigenvalue weighted by molar-refractivity contribution is -0.128. The number of carbonyl (C=O) groups is 2. The standard InChI is InChI=1S/C15H17N3O3/c1-18-11-12(9-14(18)19)15(20)17-7-2-3-8-21-13-5-4-6-16-10-13/h4-6,10,12H,7-9,11H2,1H3,(H,17,20). The van der Waals surface area contributed by atoms with Crippen LogP contribution in [0.15, 0.2) is 24.5 Å². The van der Waals surface area contributed by atoms with E-state index in [0.29, 0.717) is 12.3 Å². The third kappa shape index (κ3) is 4.49. The van der Waals surface area contributed by atoms with Gasteiger partial charge < -0.3 is 15.0 Å². The van der Waals surface area contributed by atoms with Crippen molar-refractivity contribution in [1.82, 2.24) is 15.2 Å². The summed E-state index contributed by atoms with van der Waals surface area (Å²) in [6.45, 7) is 0.970. The summed E-state index contributed by atoms with van der Waals surface area (Å²) < 4.78 is 5.34. The third-order valence-electron chi connectivity index (χ3n) is 3.13. The van der Waals surface area contributed by atoms with Crippen LogP contribution in [-0.4, -0.2) is 48.4 Å². The van der Waals surface area contributed by atoms with Crippen LogP contribution in [0.2, 0.25) is 0 Å². The molecule has 2 rings (SSSR count). The first-order chi connectivity index (χ1) is 10.2. The van der Waals surface area contributed by atoms with Gasteiger partial charge in [-0.15, -0.1) is 0 Å². The van der Waals surface area contributed by atoms with Gasteiger partial charge in [-0.05, 0) is 12.1 Å². The molecule has 1 saturated heterocycles. The maximum atomic E-state index is 11.8. The summed E-state index contributed by atoms with van der Waals surface area (Å²) in [6, 6.07) is 3.58. The number of carbonyl (C=O) groups excluding carboxylic acids is 2. The minimum Gasteiger partial charge on any atom is -0.479 e. The highest BCUT2D eigenvalue weighted by molar-refractivity contribution is 5.89. The summed E-state index contributed by atoms with van der Waals surface area (Å²) in [7, 11) is 1.70. The summed E-state index contributed by atoms with van der Waals surface area (Å²) in [5.41, 5.74) is 0. The Labute approximate surface area is 123 Å². The molecule has 6 nitrogen and oxygen atoms in total. The Kier molecular flexibility index (Phi) is 5.16. The molecule has 0 bridgehead atoms. The number of likely N-dealkylation sites (tertiary alicyclic amines) is 1. The molecule has 1 fully saturated rings. The van der Waals surface area contributed by atoms with Gasteiger partial charge in [-0.25, -0.2) is 0 Å². The van der Waals surface area contributed by atoms with Gasteiger partial charge in [0.05, 0.1) is 18.7 Å². The Hall–Kier alpha value is -2.55. The van der Waals surface area contributed by atoms with E-state index in [1.165, 1.54) is 0 Å². The quantitative estimate of drug-likeness (QED) is 0.795. The molecule has 0 aromatic carbocycles. The van der Waals surface area contributed by atoms with Gasteiger partial charge in [0.1, 0.15) is 12.4 Å². The molecule has 110 valence electrons. The van der Waals surface area contributed by atoms with E-state index in [0.717, 1.165) is 0 Å². The van der Waals surface area contributed by atoms with Crippen molar-refractivity contribution in [2.24, 2.45) is 5.92 Å². The number of ether oxygens (including phenoxy) is 1. The number of pyridine rings is 1. The average Bonchev–Trinajstić information content (AvgIpc) is 2.83. The lowest BCUT2D eigenvalue weighted by Gasteiger charge is -2.09. The van der Waals surface area contributed by atoms with Crippen molar-refractivity contribution >= 4 is 11.8 Å². The molecule has 2 amide bonds. The van der Waals surface area contributed by atoms with Crippen LogP contribution in [0, 0.1) is 17.8 Å². The van der Waals surface area contributed by atoms with Gasteiger partial charge in [0.2, 0.25) is 11.8 Å². The Bertz CT molecular complexity index is 563. The predicted octanol–water partition coefficient (Wildman–Crippen LogP) is 0.0583. The van der Waals surface area contributed by atoms with E-state index in [1.54, 1.807) is 36.5 Å². The zero-order valence-corrected chi connectivity index (χ0v) is 11.8. The zero-order chi connectivity index (χ0) is 15.1. The van der Waals surface area contributed by atoms with Crippen LogP contribution >= 0.6 is 0 Å². The smallest absolute Gasteiger partial charge is 0.226 e. The third-order valence-corrected chi connectivity index (χ3v) is 3.13. The number of nitrogens with one attached hydrogen (secondary N) is 1. The van der Waals surface area contributed by atoms with Crippen LogP contribution in [0.25, 0.3) is 0 Å². The van der Waals surface area contributed by atoms with Crippen LogP contribution in [0.4, 0.5) is 0 Å². The molecule has 0 radical (unpaired) electrons. The Morgan fingerprint density at radius 2 is 2.43 bits per heavy atom. The Morgan fingerprint density at radius 1 is 1.57 bits per heavy atom. The first-order valence-electron chi connectivity index (χ1n) is 6.67. The van der Waals surface area contributed by atoms with Crippen molar-refractivity contribution < 1.29 is 14.3 Å². The summed E-state index contributed by atoms with van der Waals surface area (Å²) in [5.74, 6) is 5.88. The highest BCUT2D eigenvalue weighted by Gasteiger charge is 2.31.